The fraction of sp³-hybridized carbons (Fsp3) is 0.364. The molecule has 1 aromatic rings. The molecule has 0 bridgehead atoms. The fourth-order valence-electron chi connectivity index (χ4n) is 1.21. The second kappa shape index (κ2) is 8.23. The highest BCUT2D eigenvalue weighted by atomic mass is 79.9. The molecule has 0 saturated carbocycles. The van der Waals surface area contributed by atoms with Gasteiger partial charge in [0.25, 0.3) is 0 Å². The number of hydrogen-bond acceptors (Lipinski definition) is 4. The van der Waals surface area contributed by atoms with Crippen molar-refractivity contribution in [3.05, 3.63) is 29.8 Å². The van der Waals surface area contributed by atoms with Gasteiger partial charge in [-0.15, -0.1) is 0 Å². The van der Waals surface area contributed by atoms with Crippen molar-refractivity contribution in [2.24, 2.45) is 0 Å². The number of ether oxygens (including phenoxy) is 1. The van der Waals surface area contributed by atoms with Gasteiger partial charge in [0.1, 0.15) is 6.61 Å². The molecule has 1 N–H and O–H groups in total. The summed E-state index contributed by atoms with van der Waals surface area (Å²) in [6, 6.07) is 6.62. The summed E-state index contributed by atoms with van der Waals surface area (Å²) in [4.78, 5) is 11.3. The van der Waals surface area contributed by atoms with Gasteiger partial charge in [-0.05, 0) is 24.1 Å². The van der Waals surface area contributed by atoms with Crippen LogP contribution in [0.1, 0.15) is 18.4 Å². The number of benzene rings is 1. The molecule has 0 aliphatic carbocycles. The second-order valence-electron chi connectivity index (χ2n) is 3.49. The van der Waals surface area contributed by atoms with Crippen molar-refractivity contribution < 1.29 is 18.3 Å². The van der Waals surface area contributed by atoms with Gasteiger partial charge in [-0.2, -0.15) is 0 Å². The number of alkyl halides is 1. The van der Waals surface area contributed by atoms with E-state index >= 15 is 0 Å². The van der Waals surface area contributed by atoms with Crippen LogP contribution in [-0.2, 0) is 27.4 Å². The molecule has 7 heteroatoms. The lowest BCUT2D eigenvalue weighted by Crippen LogP contribution is -2.05. The molecule has 0 aromatic heterocycles. The minimum atomic E-state index is -2.33. The van der Waals surface area contributed by atoms with E-state index in [4.69, 9.17) is 4.74 Å². The van der Waals surface area contributed by atoms with Crippen molar-refractivity contribution in [3.63, 3.8) is 0 Å². The minimum absolute atomic E-state index is 0.196. The van der Waals surface area contributed by atoms with Crippen LogP contribution in [0.25, 0.3) is 0 Å². The predicted octanol–water partition coefficient (Wildman–Crippen LogP) is 2.11. The maximum Gasteiger partial charge on any atom is 0.306 e. The van der Waals surface area contributed by atoms with Crippen LogP contribution in [0.4, 0.5) is 5.69 Å². The van der Waals surface area contributed by atoms with Gasteiger partial charge >= 0.3 is 5.97 Å². The SMILES string of the molecule is O=C(CCCBr)OCc1ccc(NS(=O)[O-])cc1. The molecular weight excluding hydrogens is 322 g/mol. The standard InChI is InChI=1S/C11H14BrNO4S/c12-7-1-2-11(14)17-8-9-3-5-10(6-4-9)13-18(15)16/h3-6,13H,1-2,7-8H2,(H,15,16)/p-1. The van der Waals surface area contributed by atoms with E-state index in [1.54, 1.807) is 24.3 Å². The van der Waals surface area contributed by atoms with Gasteiger partial charge < -0.3 is 14.0 Å². The minimum Gasteiger partial charge on any atom is -0.755 e. The number of halogens is 1. The maximum atomic E-state index is 11.3. The molecule has 0 fully saturated rings. The molecule has 0 radical (unpaired) electrons. The third kappa shape index (κ3) is 6.13. The van der Waals surface area contributed by atoms with Gasteiger partial charge in [0.15, 0.2) is 0 Å². The quantitative estimate of drug-likeness (QED) is 0.470. The zero-order valence-electron chi connectivity index (χ0n) is 9.56. The monoisotopic (exact) mass is 334 g/mol. The average molecular weight is 335 g/mol. The van der Waals surface area contributed by atoms with Crippen LogP contribution >= 0.6 is 15.9 Å². The van der Waals surface area contributed by atoms with E-state index in [0.29, 0.717) is 12.1 Å². The maximum absolute atomic E-state index is 11.3. The van der Waals surface area contributed by atoms with E-state index in [9.17, 15) is 13.6 Å². The van der Waals surface area contributed by atoms with E-state index in [2.05, 4.69) is 20.7 Å². The van der Waals surface area contributed by atoms with Crippen LogP contribution < -0.4 is 4.72 Å². The van der Waals surface area contributed by atoms with Gasteiger partial charge in [0.2, 0.25) is 0 Å². The molecule has 0 aliphatic rings. The Balaban J connectivity index is 2.39. The topological polar surface area (TPSA) is 78.5 Å². The van der Waals surface area contributed by atoms with Gasteiger partial charge in [-0.3, -0.25) is 9.00 Å². The van der Waals surface area contributed by atoms with Crippen LogP contribution in [0.2, 0.25) is 0 Å². The summed E-state index contributed by atoms with van der Waals surface area (Å²) in [7, 11) is 0. The van der Waals surface area contributed by atoms with Gasteiger partial charge in [0, 0.05) is 28.7 Å². The Kier molecular flexibility index (Phi) is 6.92. The molecule has 0 saturated heterocycles. The molecule has 5 nitrogen and oxygen atoms in total. The highest BCUT2D eigenvalue weighted by Crippen LogP contribution is 2.11. The molecule has 0 spiro atoms. The lowest BCUT2D eigenvalue weighted by atomic mass is 10.2. The van der Waals surface area contributed by atoms with Crippen molar-refractivity contribution in [1.29, 1.82) is 0 Å². The Morgan fingerprint density at radius 2 is 2.06 bits per heavy atom. The summed E-state index contributed by atoms with van der Waals surface area (Å²) in [5.74, 6) is -0.239. The van der Waals surface area contributed by atoms with Crippen molar-refractivity contribution >= 4 is 38.9 Å². The molecule has 0 heterocycles. The summed E-state index contributed by atoms with van der Waals surface area (Å²) in [6.07, 6.45) is 1.14. The van der Waals surface area contributed by atoms with E-state index in [-0.39, 0.29) is 12.6 Å². The fourth-order valence-corrected chi connectivity index (χ4v) is 1.82. The van der Waals surface area contributed by atoms with Crippen LogP contribution in [-0.4, -0.2) is 20.1 Å². The zero-order valence-corrected chi connectivity index (χ0v) is 12.0. The lowest BCUT2D eigenvalue weighted by Gasteiger charge is -2.09. The summed E-state index contributed by atoms with van der Waals surface area (Å²) >= 11 is 0.908. The Hall–Kier alpha value is -0.920. The molecule has 1 atom stereocenters. The predicted molar refractivity (Wildman–Crippen MR) is 71.8 cm³/mol. The first-order valence-electron chi connectivity index (χ1n) is 5.28. The number of rotatable bonds is 7. The third-order valence-corrected chi connectivity index (χ3v) is 3.03. The molecule has 18 heavy (non-hydrogen) atoms. The Labute approximate surface area is 116 Å². The summed E-state index contributed by atoms with van der Waals surface area (Å²) in [5.41, 5.74) is 1.28. The number of esters is 1. The average Bonchev–Trinajstić information content (AvgIpc) is 2.35. The van der Waals surface area contributed by atoms with Crippen molar-refractivity contribution in [1.82, 2.24) is 0 Å². The number of nitrogens with one attached hydrogen (secondary N) is 1. The lowest BCUT2D eigenvalue weighted by molar-refractivity contribution is -0.144. The Bertz CT molecular complexity index is 410. The van der Waals surface area contributed by atoms with Gasteiger partial charge in [-0.1, -0.05) is 28.1 Å². The van der Waals surface area contributed by atoms with E-state index in [1.165, 1.54) is 0 Å². The second-order valence-corrected chi connectivity index (χ2v) is 4.95. The van der Waals surface area contributed by atoms with Gasteiger partial charge in [-0.25, -0.2) is 0 Å². The summed E-state index contributed by atoms with van der Waals surface area (Å²) < 4.78 is 28.0. The van der Waals surface area contributed by atoms with E-state index in [1.807, 2.05) is 0 Å². The van der Waals surface area contributed by atoms with Crippen LogP contribution in [0.5, 0.6) is 0 Å². The largest absolute Gasteiger partial charge is 0.755 e. The zero-order chi connectivity index (χ0) is 13.4. The first-order valence-corrected chi connectivity index (χ1v) is 7.48. The van der Waals surface area contributed by atoms with E-state index < -0.39 is 11.3 Å². The number of anilines is 1. The van der Waals surface area contributed by atoms with Crippen LogP contribution in [0.3, 0.4) is 0 Å². The van der Waals surface area contributed by atoms with Crippen LogP contribution in [0.15, 0.2) is 24.3 Å². The number of hydrogen-bond donors (Lipinski definition) is 1. The van der Waals surface area contributed by atoms with Crippen molar-refractivity contribution in [2.45, 2.75) is 19.4 Å². The summed E-state index contributed by atoms with van der Waals surface area (Å²) in [6.45, 7) is 0.196. The van der Waals surface area contributed by atoms with Crippen molar-refractivity contribution in [3.8, 4) is 0 Å². The molecular formula is C11H13BrNO4S-. The normalized spacial score (nSPS) is 11.9. The van der Waals surface area contributed by atoms with Crippen molar-refractivity contribution in [2.75, 3.05) is 10.1 Å². The molecule has 0 aliphatic heterocycles. The Morgan fingerprint density at radius 1 is 1.39 bits per heavy atom. The summed E-state index contributed by atoms with van der Waals surface area (Å²) in [5, 5.41) is 0.773. The molecule has 0 amide bonds. The van der Waals surface area contributed by atoms with Gasteiger partial charge in [0.05, 0.1) is 0 Å². The third-order valence-electron chi connectivity index (χ3n) is 2.07. The molecule has 1 unspecified atom stereocenters. The number of carbonyl (C=O) groups excluding carboxylic acids is 1. The highest BCUT2D eigenvalue weighted by molar-refractivity contribution is 9.09. The molecule has 1 rings (SSSR count). The van der Waals surface area contributed by atoms with Crippen LogP contribution in [0, 0.1) is 0 Å². The highest BCUT2D eigenvalue weighted by Gasteiger charge is 2.02. The molecule has 1 aromatic carbocycles. The van der Waals surface area contributed by atoms with E-state index in [0.717, 1.165) is 17.3 Å². The molecule has 100 valence electrons. The Morgan fingerprint density at radius 3 is 2.61 bits per heavy atom. The number of carbonyl (C=O) groups is 1. The smallest absolute Gasteiger partial charge is 0.306 e. The first kappa shape index (κ1) is 15.1. The first-order chi connectivity index (χ1) is 8.61.